The second kappa shape index (κ2) is 5.89. The molecule has 1 unspecified atom stereocenters. The fourth-order valence-electron chi connectivity index (χ4n) is 2.69. The van der Waals surface area contributed by atoms with Crippen LogP contribution in [0.5, 0.6) is 0 Å². The third-order valence-corrected chi connectivity index (χ3v) is 5.25. The van der Waals surface area contributed by atoms with E-state index in [0.717, 1.165) is 28.1 Å². The Morgan fingerprint density at radius 1 is 1.48 bits per heavy atom. The van der Waals surface area contributed by atoms with Crippen molar-refractivity contribution in [2.75, 3.05) is 13.1 Å². The highest BCUT2D eigenvalue weighted by molar-refractivity contribution is 7.18. The molecule has 0 spiro atoms. The van der Waals surface area contributed by atoms with Crippen molar-refractivity contribution in [2.24, 2.45) is 0 Å². The van der Waals surface area contributed by atoms with Crippen LogP contribution in [-0.2, 0) is 4.79 Å². The number of benzene rings is 1. The lowest BCUT2D eigenvalue weighted by Crippen LogP contribution is -2.41. The number of nitrogens with zero attached hydrogens (tertiary/aromatic N) is 2. The van der Waals surface area contributed by atoms with Gasteiger partial charge >= 0.3 is 0 Å². The molecule has 0 bridgehead atoms. The minimum Gasteiger partial charge on any atom is -0.341 e. The van der Waals surface area contributed by atoms with E-state index in [2.05, 4.69) is 4.98 Å². The molecule has 1 saturated heterocycles. The van der Waals surface area contributed by atoms with Gasteiger partial charge in [0, 0.05) is 25.1 Å². The van der Waals surface area contributed by atoms with Crippen LogP contribution < -0.4 is 0 Å². The lowest BCUT2D eigenvalue weighted by atomic mass is 9.97. The van der Waals surface area contributed by atoms with Gasteiger partial charge in [-0.2, -0.15) is 0 Å². The minimum absolute atomic E-state index is 0.00138. The Hall–Kier alpha value is -1.20. The average molecular weight is 327 g/mol. The van der Waals surface area contributed by atoms with Crippen LogP contribution in [-0.4, -0.2) is 34.3 Å². The van der Waals surface area contributed by atoms with Crippen molar-refractivity contribution in [1.29, 1.82) is 0 Å². The zero-order valence-corrected chi connectivity index (χ0v) is 13.3. The van der Waals surface area contributed by atoms with E-state index in [0.29, 0.717) is 19.0 Å². The summed E-state index contributed by atoms with van der Waals surface area (Å²) in [6, 6.07) is 4.72. The standard InChI is InChI=1S/C15H16ClFN2OS/c1-9(16)15(20)19-6-4-10(5-7-19)14-18-12-8-11(17)2-3-13(12)21-14/h2-3,8-10H,4-7H2,1H3. The molecule has 1 aliphatic rings. The first-order valence-corrected chi connectivity index (χ1v) is 8.29. The Kier molecular flexibility index (Phi) is 4.13. The quantitative estimate of drug-likeness (QED) is 0.787. The number of rotatable bonds is 2. The van der Waals surface area contributed by atoms with E-state index in [1.165, 1.54) is 12.1 Å². The molecule has 1 amide bonds. The molecule has 1 aromatic carbocycles. The van der Waals surface area contributed by atoms with Gasteiger partial charge < -0.3 is 4.90 Å². The molecule has 112 valence electrons. The average Bonchev–Trinajstić information content (AvgIpc) is 2.89. The first-order valence-electron chi connectivity index (χ1n) is 7.03. The number of amides is 1. The summed E-state index contributed by atoms with van der Waals surface area (Å²) < 4.78 is 14.2. The maximum Gasteiger partial charge on any atom is 0.240 e. The summed E-state index contributed by atoms with van der Waals surface area (Å²) in [5.41, 5.74) is 0.725. The molecule has 2 heterocycles. The number of halogens is 2. The second-order valence-corrected chi connectivity index (χ2v) is 7.10. The lowest BCUT2D eigenvalue weighted by Gasteiger charge is -2.31. The topological polar surface area (TPSA) is 33.2 Å². The predicted octanol–water partition coefficient (Wildman–Crippen LogP) is 3.77. The summed E-state index contributed by atoms with van der Waals surface area (Å²) in [5, 5.41) is 0.577. The molecule has 0 saturated carbocycles. The molecule has 0 radical (unpaired) electrons. The molecular weight excluding hydrogens is 311 g/mol. The number of hydrogen-bond donors (Lipinski definition) is 0. The summed E-state index contributed by atoms with van der Waals surface area (Å²) in [6.45, 7) is 3.13. The highest BCUT2D eigenvalue weighted by Gasteiger charge is 2.27. The number of alkyl halides is 1. The van der Waals surface area contributed by atoms with Crippen LogP contribution in [0.15, 0.2) is 18.2 Å². The summed E-state index contributed by atoms with van der Waals surface area (Å²) in [7, 11) is 0. The SMILES string of the molecule is CC(Cl)C(=O)N1CCC(c2nc3cc(F)ccc3s2)CC1. The van der Waals surface area contributed by atoms with Crippen molar-refractivity contribution in [1.82, 2.24) is 9.88 Å². The predicted molar refractivity (Wildman–Crippen MR) is 83.4 cm³/mol. The molecule has 0 N–H and O–H groups in total. The van der Waals surface area contributed by atoms with E-state index in [1.54, 1.807) is 24.3 Å². The largest absolute Gasteiger partial charge is 0.341 e. The van der Waals surface area contributed by atoms with E-state index in [1.807, 2.05) is 4.90 Å². The fraction of sp³-hybridized carbons (Fsp3) is 0.467. The first kappa shape index (κ1) is 14.7. The van der Waals surface area contributed by atoms with Crippen LogP contribution in [0.25, 0.3) is 10.2 Å². The zero-order chi connectivity index (χ0) is 15.0. The van der Waals surface area contributed by atoms with Crippen molar-refractivity contribution in [2.45, 2.75) is 31.1 Å². The van der Waals surface area contributed by atoms with Gasteiger partial charge in [0.2, 0.25) is 5.91 Å². The summed E-state index contributed by atoms with van der Waals surface area (Å²) in [6.07, 6.45) is 1.77. The summed E-state index contributed by atoms with van der Waals surface area (Å²) in [5.74, 6) is 0.0949. The number of aromatic nitrogens is 1. The van der Waals surface area contributed by atoms with Gasteiger partial charge in [-0.15, -0.1) is 22.9 Å². The van der Waals surface area contributed by atoms with Crippen LogP contribution in [0.1, 0.15) is 30.7 Å². The summed E-state index contributed by atoms with van der Waals surface area (Å²) in [4.78, 5) is 18.2. The third kappa shape index (κ3) is 3.04. The molecule has 1 aliphatic heterocycles. The van der Waals surface area contributed by atoms with Crippen LogP contribution in [0, 0.1) is 5.82 Å². The Morgan fingerprint density at radius 2 is 2.19 bits per heavy atom. The molecule has 1 atom stereocenters. The van der Waals surface area contributed by atoms with E-state index >= 15 is 0 Å². The Labute approximate surface area is 131 Å². The molecule has 1 aromatic heterocycles. The monoisotopic (exact) mass is 326 g/mol. The lowest BCUT2D eigenvalue weighted by molar-refractivity contribution is -0.131. The van der Waals surface area contributed by atoms with Gasteiger partial charge in [-0.3, -0.25) is 4.79 Å². The third-order valence-electron chi connectivity index (χ3n) is 3.86. The normalized spacial score (nSPS) is 18.1. The van der Waals surface area contributed by atoms with E-state index in [9.17, 15) is 9.18 Å². The first-order chi connectivity index (χ1) is 10.0. The molecule has 2 aromatic rings. The van der Waals surface area contributed by atoms with Gasteiger partial charge in [0.25, 0.3) is 0 Å². The van der Waals surface area contributed by atoms with Gasteiger partial charge in [-0.1, -0.05) is 0 Å². The van der Waals surface area contributed by atoms with Gasteiger partial charge in [-0.25, -0.2) is 9.37 Å². The fourth-order valence-corrected chi connectivity index (χ4v) is 3.95. The number of piperidine rings is 1. The van der Waals surface area contributed by atoms with Gasteiger partial charge in [0.05, 0.1) is 15.2 Å². The number of hydrogen-bond acceptors (Lipinski definition) is 3. The van der Waals surface area contributed by atoms with Crippen molar-refractivity contribution >= 4 is 39.1 Å². The van der Waals surface area contributed by atoms with E-state index in [-0.39, 0.29) is 11.7 Å². The molecule has 3 nitrogen and oxygen atoms in total. The maximum atomic E-state index is 13.2. The molecule has 6 heteroatoms. The molecular formula is C15H16ClFN2OS. The minimum atomic E-state index is -0.466. The highest BCUT2D eigenvalue weighted by Crippen LogP contribution is 2.34. The molecule has 3 rings (SSSR count). The number of carbonyl (C=O) groups is 1. The number of fused-ring (bicyclic) bond motifs is 1. The molecule has 1 fully saturated rings. The smallest absolute Gasteiger partial charge is 0.240 e. The number of likely N-dealkylation sites (tertiary alicyclic amines) is 1. The van der Waals surface area contributed by atoms with Crippen molar-refractivity contribution in [3.8, 4) is 0 Å². The second-order valence-electron chi connectivity index (χ2n) is 5.38. The van der Waals surface area contributed by atoms with Crippen LogP contribution >= 0.6 is 22.9 Å². The van der Waals surface area contributed by atoms with Crippen molar-refractivity contribution in [3.63, 3.8) is 0 Å². The number of carbonyl (C=O) groups excluding carboxylic acids is 1. The van der Waals surface area contributed by atoms with E-state index in [4.69, 9.17) is 11.6 Å². The van der Waals surface area contributed by atoms with Gasteiger partial charge in [0.15, 0.2) is 0 Å². The van der Waals surface area contributed by atoms with Crippen LogP contribution in [0.2, 0.25) is 0 Å². The Balaban J connectivity index is 1.72. The molecule has 0 aliphatic carbocycles. The van der Waals surface area contributed by atoms with Gasteiger partial charge in [0.1, 0.15) is 11.2 Å². The Morgan fingerprint density at radius 3 is 2.86 bits per heavy atom. The zero-order valence-electron chi connectivity index (χ0n) is 11.7. The van der Waals surface area contributed by atoms with Gasteiger partial charge in [-0.05, 0) is 31.9 Å². The molecule has 21 heavy (non-hydrogen) atoms. The number of thiazole rings is 1. The van der Waals surface area contributed by atoms with Crippen LogP contribution in [0.3, 0.4) is 0 Å². The van der Waals surface area contributed by atoms with Crippen molar-refractivity contribution < 1.29 is 9.18 Å². The highest BCUT2D eigenvalue weighted by atomic mass is 35.5. The maximum absolute atomic E-state index is 13.2. The van der Waals surface area contributed by atoms with E-state index < -0.39 is 5.38 Å². The summed E-state index contributed by atoms with van der Waals surface area (Å²) >= 11 is 7.47. The van der Waals surface area contributed by atoms with Crippen molar-refractivity contribution in [3.05, 3.63) is 29.0 Å². The Bertz CT molecular complexity index is 665. The van der Waals surface area contributed by atoms with Crippen LogP contribution in [0.4, 0.5) is 4.39 Å².